The second-order valence-corrected chi connectivity index (χ2v) is 7.93. The van der Waals surface area contributed by atoms with Crippen LogP contribution in [0.3, 0.4) is 0 Å². The average molecular weight is 428 g/mol. The van der Waals surface area contributed by atoms with E-state index in [0.29, 0.717) is 6.07 Å². The van der Waals surface area contributed by atoms with E-state index in [1.807, 2.05) is 0 Å². The molecule has 28 heavy (non-hydrogen) atoms. The Morgan fingerprint density at radius 1 is 1.07 bits per heavy atom. The monoisotopic (exact) mass is 428 g/mol. The fraction of sp³-hybridized carbons (Fsp3) is 0.0625. The maximum Gasteiger partial charge on any atom is 0.416 e. The summed E-state index contributed by atoms with van der Waals surface area (Å²) in [5.74, 6) is -0.604. The van der Waals surface area contributed by atoms with Crippen LogP contribution in [0.15, 0.2) is 58.9 Å². The smallest absolute Gasteiger partial charge is 0.296 e. The van der Waals surface area contributed by atoms with Gasteiger partial charge in [0.1, 0.15) is 5.51 Å². The van der Waals surface area contributed by atoms with Crippen molar-refractivity contribution < 1.29 is 26.4 Å². The van der Waals surface area contributed by atoms with Gasteiger partial charge in [0.15, 0.2) is 0 Å². The lowest BCUT2D eigenvalue weighted by Crippen LogP contribution is -2.16. The Hall–Kier alpha value is -2.99. The number of carbonyl (C=O) groups is 1. The second-order valence-electron chi connectivity index (χ2n) is 5.41. The molecular weight excluding hydrogens is 417 g/mol. The Morgan fingerprint density at radius 2 is 1.82 bits per heavy atom. The zero-order valence-corrected chi connectivity index (χ0v) is 15.4. The predicted molar refractivity (Wildman–Crippen MR) is 96.6 cm³/mol. The SMILES string of the molecule is O=C(Nc1nncs1)c1cccc(S(=O)(=O)Nc2cccc(C(F)(F)F)c2)c1. The number of aromatic nitrogens is 2. The van der Waals surface area contributed by atoms with Crippen molar-refractivity contribution >= 4 is 38.1 Å². The van der Waals surface area contributed by atoms with Gasteiger partial charge in [-0.15, -0.1) is 10.2 Å². The zero-order chi connectivity index (χ0) is 20.4. The molecule has 1 aromatic heterocycles. The van der Waals surface area contributed by atoms with Gasteiger partial charge in [0.05, 0.1) is 10.5 Å². The van der Waals surface area contributed by atoms with Crippen LogP contribution in [0.25, 0.3) is 0 Å². The first-order valence-corrected chi connectivity index (χ1v) is 9.89. The van der Waals surface area contributed by atoms with Gasteiger partial charge in [-0.25, -0.2) is 8.42 Å². The molecule has 2 N–H and O–H groups in total. The van der Waals surface area contributed by atoms with Crippen molar-refractivity contribution in [1.82, 2.24) is 10.2 Å². The molecule has 0 saturated carbocycles. The molecule has 3 aromatic rings. The maximum absolute atomic E-state index is 12.8. The highest BCUT2D eigenvalue weighted by atomic mass is 32.2. The van der Waals surface area contributed by atoms with Crippen LogP contribution in [0.5, 0.6) is 0 Å². The Labute approximate surface area is 161 Å². The molecule has 0 radical (unpaired) electrons. The van der Waals surface area contributed by atoms with E-state index in [4.69, 9.17) is 0 Å². The highest BCUT2D eigenvalue weighted by Gasteiger charge is 2.30. The molecule has 2 aromatic carbocycles. The molecule has 0 aliphatic carbocycles. The summed E-state index contributed by atoms with van der Waals surface area (Å²) >= 11 is 1.08. The van der Waals surface area contributed by atoms with Crippen molar-refractivity contribution in [2.45, 2.75) is 11.1 Å². The van der Waals surface area contributed by atoms with Crippen molar-refractivity contribution in [3.8, 4) is 0 Å². The topological polar surface area (TPSA) is 101 Å². The molecule has 0 unspecified atom stereocenters. The number of sulfonamides is 1. The lowest BCUT2D eigenvalue weighted by Gasteiger charge is -2.12. The molecule has 0 aliphatic rings. The number of nitrogens with one attached hydrogen (secondary N) is 2. The molecule has 0 saturated heterocycles. The van der Waals surface area contributed by atoms with Gasteiger partial charge in [-0.3, -0.25) is 14.8 Å². The maximum atomic E-state index is 12.8. The lowest BCUT2D eigenvalue weighted by molar-refractivity contribution is -0.137. The third-order valence-corrected chi connectivity index (χ3v) is 5.41. The van der Waals surface area contributed by atoms with Gasteiger partial charge in [0.25, 0.3) is 15.9 Å². The van der Waals surface area contributed by atoms with Crippen LogP contribution < -0.4 is 10.0 Å². The number of alkyl halides is 3. The van der Waals surface area contributed by atoms with E-state index in [1.54, 1.807) is 0 Å². The fourth-order valence-corrected chi connectivity index (χ4v) is 3.71. The quantitative estimate of drug-likeness (QED) is 0.647. The van der Waals surface area contributed by atoms with Gasteiger partial charge in [-0.05, 0) is 36.4 Å². The minimum absolute atomic E-state index is 0.0297. The minimum Gasteiger partial charge on any atom is -0.296 e. The van der Waals surface area contributed by atoms with Crippen LogP contribution in [0.2, 0.25) is 0 Å². The number of rotatable bonds is 5. The van der Waals surface area contributed by atoms with Crippen molar-refractivity contribution in [2.24, 2.45) is 0 Å². The lowest BCUT2D eigenvalue weighted by atomic mass is 10.2. The number of hydrogen-bond acceptors (Lipinski definition) is 6. The van der Waals surface area contributed by atoms with Crippen molar-refractivity contribution in [3.63, 3.8) is 0 Å². The Balaban J connectivity index is 1.83. The van der Waals surface area contributed by atoms with Crippen LogP contribution in [0.1, 0.15) is 15.9 Å². The van der Waals surface area contributed by atoms with E-state index in [1.165, 1.54) is 29.8 Å². The molecule has 12 heteroatoms. The van der Waals surface area contributed by atoms with Gasteiger partial charge in [-0.1, -0.05) is 23.5 Å². The molecular formula is C16H11F3N4O3S2. The summed E-state index contributed by atoms with van der Waals surface area (Å²) < 4.78 is 65.5. The largest absolute Gasteiger partial charge is 0.416 e. The van der Waals surface area contributed by atoms with E-state index in [0.717, 1.165) is 29.5 Å². The summed E-state index contributed by atoms with van der Waals surface area (Å²) in [5, 5.41) is 9.91. The molecule has 0 bridgehead atoms. The predicted octanol–water partition coefficient (Wildman–Crippen LogP) is 3.61. The highest BCUT2D eigenvalue weighted by Crippen LogP contribution is 2.31. The number of amides is 1. The summed E-state index contributed by atoms with van der Waals surface area (Å²) in [7, 11) is -4.22. The van der Waals surface area contributed by atoms with Gasteiger partial charge in [0, 0.05) is 11.3 Å². The van der Waals surface area contributed by atoms with Gasteiger partial charge in [-0.2, -0.15) is 13.2 Å². The number of benzene rings is 2. The van der Waals surface area contributed by atoms with E-state index >= 15 is 0 Å². The van der Waals surface area contributed by atoms with E-state index in [9.17, 15) is 26.4 Å². The Morgan fingerprint density at radius 3 is 2.50 bits per heavy atom. The number of anilines is 2. The van der Waals surface area contributed by atoms with Crippen LogP contribution >= 0.6 is 11.3 Å². The number of halogens is 3. The molecule has 0 aliphatic heterocycles. The third-order valence-electron chi connectivity index (χ3n) is 3.43. The molecule has 146 valence electrons. The molecule has 0 fully saturated rings. The Bertz CT molecular complexity index is 1100. The molecule has 1 heterocycles. The first-order chi connectivity index (χ1) is 13.1. The summed E-state index contributed by atoms with van der Waals surface area (Å²) in [6.07, 6.45) is -4.61. The van der Waals surface area contributed by atoms with Crippen LogP contribution in [0.4, 0.5) is 24.0 Å². The summed E-state index contributed by atoms with van der Waals surface area (Å²) in [4.78, 5) is 11.9. The zero-order valence-electron chi connectivity index (χ0n) is 13.8. The first-order valence-electron chi connectivity index (χ1n) is 7.53. The van der Waals surface area contributed by atoms with Crippen molar-refractivity contribution in [1.29, 1.82) is 0 Å². The molecule has 0 spiro atoms. The first kappa shape index (κ1) is 19.8. The molecule has 1 amide bonds. The third kappa shape index (κ3) is 4.64. The molecule has 0 atom stereocenters. The normalized spacial score (nSPS) is 11.8. The summed E-state index contributed by atoms with van der Waals surface area (Å²) in [6, 6.07) is 8.85. The van der Waals surface area contributed by atoms with Gasteiger partial charge >= 0.3 is 6.18 Å². The highest BCUT2D eigenvalue weighted by molar-refractivity contribution is 7.92. The minimum atomic E-state index is -4.61. The van der Waals surface area contributed by atoms with Crippen molar-refractivity contribution in [3.05, 3.63) is 65.2 Å². The fourth-order valence-electron chi connectivity index (χ4n) is 2.17. The van der Waals surface area contributed by atoms with Crippen LogP contribution in [-0.4, -0.2) is 24.5 Å². The number of nitrogens with zero attached hydrogens (tertiary/aromatic N) is 2. The van der Waals surface area contributed by atoms with E-state index in [-0.39, 0.29) is 21.3 Å². The van der Waals surface area contributed by atoms with Gasteiger partial charge < -0.3 is 0 Å². The standard InChI is InChI=1S/C16H11F3N4O3S2/c17-16(18,19)11-4-2-5-12(8-11)23-28(25,26)13-6-1-3-10(7-13)14(24)21-15-22-20-9-27-15/h1-9,23H,(H,21,22,24). The number of hydrogen-bond donors (Lipinski definition) is 2. The average Bonchev–Trinajstić information content (AvgIpc) is 3.14. The second kappa shape index (κ2) is 7.56. The van der Waals surface area contributed by atoms with E-state index in [2.05, 4.69) is 20.2 Å². The van der Waals surface area contributed by atoms with Crippen molar-refractivity contribution in [2.75, 3.05) is 10.0 Å². The van der Waals surface area contributed by atoms with Gasteiger partial charge in [0.2, 0.25) is 5.13 Å². The molecule has 3 rings (SSSR count). The van der Waals surface area contributed by atoms with E-state index < -0.39 is 27.7 Å². The van der Waals surface area contributed by atoms with Crippen LogP contribution in [-0.2, 0) is 16.2 Å². The number of carbonyl (C=O) groups excluding carboxylic acids is 1. The summed E-state index contributed by atoms with van der Waals surface area (Å²) in [6.45, 7) is 0. The summed E-state index contributed by atoms with van der Waals surface area (Å²) in [5.41, 5.74) is 0.203. The molecule has 7 nitrogen and oxygen atoms in total. The Kier molecular flexibility index (Phi) is 5.34. The van der Waals surface area contributed by atoms with Crippen LogP contribution in [0, 0.1) is 0 Å².